The average molecular weight is 273 g/mol. The summed E-state index contributed by atoms with van der Waals surface area (Å²) in [6.07, 6.45) is 4.97. The van der Waals surface area contributed by atoms with E-state index >= 15 is 0 Å². The first kappa shape index (κ1) is 13.0. The molecule has 0 aromatic heterocycles. The van der Waals surface area contributed by atoms with Crippen molar-refractivity contribution in [2.75, 3.05) is 11.9 Å². The number of halogens is 2. The number of rotatable bonds is 3. The lowest BCUT2D eigenvalue weighted by Crippen LogP contribution is -2.36. The zero-order valence-electron chi connectivity index (χ0n) is 9.76. The van der Waals surface area contributed by atoms with Crippen molar-refractivity contribution in [1.29, 1.82) is 0 Å². The van der Waals surface area contributed by atoms with Gasteiger partial charge in [-0.2, -0.15) is 0 Å². The molecular weight excluding hydrogens is 255 g/mol. The first-order chi connectivity index (χ1) is 8.20. The van der Waals surface area contributed by atoms with Gasteiger partial charge in [-0.15, -0.1) is 0 Å². The summed E-state index contributed by atoms with van der Waals surface area (Å²) in [5.41, 5.74) is 6.85. The normalized spacial score (nSPS) is 24.6. The van der Waals surface area contributed by atoms with Crippen molar-refractivity contribution < 1.29 is 0 Å². The van der Waals surface area contributed by atoms with E-state index in [-0.39, 0.29) is 0 Å². The molecule has 0 heterocycles. The van der Waals surface area contributed by atoms with Crippen LogP contribution in [0.4, 0.5) is 5.69 Å². The second-order valence-corrected chi connectivity index (χ2v) is 5.47. The van der Waals surface area contributed by atoms with Crippen LogP contribution in [0.5, 0.6) is 0 Å². The summed E-state index contributed by atoms with van der Waals surface area (Å²) in [6.45, 7) is 0.749. The maximum atomic E-state index is 6.01. The number of benzene rings is 1. The Balaban J connectivity index is 2.05. The second kappa shape index (κ2) is 5.94. The molecule has 1 aliphatic carbocycles. The fraction of sp³-hybridized carbons (Fsp3) is 0.538. The first-order valence-corrected chi connectivity index (χ1v) is 6.88. The lowest BCUT2D eigenvalue weighted by molar-refractivity contribution is 0.332. The molecule has 1 saturated carbocycles. The maximum absolute atomic E-state index is 6.01. The summed E-state index contributed by atoms with van der Waals surface area (Å²) in [7, 11) is 0. The molecule has 0 radical (unpaired) electrons. The van der Waals surface area contributed by atoms with E-state index < -0.39 is 0 Å². The Bertz CT molecular complexity index is 382. The summed E-state index contributed by atoms with van der Waals surface area (Å²) < 4.78 is 0. The highest BCUT2D eigenvalue weighted by Crippen LogP contribution is 2.29. The van der Waals surface area contributed by atoms with E-state index in [2.05, 4.69) is 5.32 Å². The summed E-state index contributed by atoms with van der Waals surface area (Å²) in [6, 6.07) is 6.14. The summed E-state index contributed by atoms with van der Waals surface area (Å²) in [5.74, 6) is 0.568. The molecule has 0 spiro atoms. The number of hydrogen-bond acceptors (Lipinski definition) is 2. The molecule has 94 valence electrons. The number of nitrogens with two attached hydrogens (primary N) is 1. The summed E-state index contributed by atoms with van der Waals surface area (Å²) in [5, 5.41) is 4.71. The first-order valence-electron chi connectivity index (χ1n) is 6.12. The third kappa shape index (κ3) is 3.27. The third-order valence-corrected chi connectivity index (χ3v) is 4.22. The van der Waals surface area contributed by atoms with Gasteiger partial charge in [0.2, 0.25) is 0 Å². The molecule has 2 atom stereocenters. The van der Waals surface area contributed by atoms with Crippen LogP contribution in [0.1, 0.15) is 25.7 Å². The van der Waals surface area contributed by atoms with E-state index in [1.807, 2.05) is 18.2 Å². The zero-order valence-corrected chi connectivity index (χ0v) is 11.3. The van der Waals surface area contributed by atoms with Gasteiger partial charge in [-0.25, -0.2) is 0 Å². The largest absolute Gasteiger partial charge is 0.382 e. The van der Waals surface area contributed by atoms with Crippen LogP contribution in [0.2, 0.25) is 10.0 Å². The van der Waals surface area contributed by atoms with Crippen molar-refractivity contribution in [3.05, 3.63) is 28.2 Å². The van der Waals surface area contributed by atoms with E-state index in [1.54, 1.807) is 0 Å². The van der Waals surface area contributed by atoms with E-state index in [9.17, 15) is 0 Å². The Labute approximate surface area is 112 Å². The summed E-state index contributed by atoms with van der Waals surface area (Å²) >= 11 is 11.9. The van der Waals surface area contributed by atoms with Gasteiger partial charge >= 0.3 is 0 Å². The molecule has 0 bridgehead atoms. The minimum absolute atomic E-state index is 0.464. The predicted octanol–water partition coefficient (Wildman–Crippen LogP) is 3.92. The molecule has 0 aliphatic heterocycles. The van der Waals surface area contributed by atoms with Crippen molar-refractivity contribution in [3.63, 3.8) is 0 Å². The molecule has 1 aromatic rings. The number of anilines is 1. The molecule has 1 aromatic carbocycles. The molecule has 2 nitrogen and oxygen atoms in total. The van der Waals surface area contributed by atoms with Crippen LogP contribution in [-0.2, 0) is 0 Å². The molecule has 1 fully saturated rings. The van der Waals surface area contributed by atoms with Crippen LogP contribution in [0.15, 0.2) is 18.2 Å². The van der Waals surface area contributed by atoms with Crippen molar-refractivity contribution in [1.82, 2.24) is 0 Å². The topological polar surface area (TPSA) is 38.0 Å². The zero-order chi connectivity index (χ0) is 12.3. The van der Waals surface area contributed by atoms with E-state index in [0.717, 1.165) is 12.2 Å². The minimum atomic E-state index is 0.464. The minimum Gasteiger partial charge on any atom is -0.382 e. The van der Waals surface area contributed by atoms with E-state index in [0.29, 0.717) is 22.0 Å². The Kier molecular flexibility index (Phi) is 4.55. The Morgan fingerprint density at radius 1 is 1.18 bits per heavy atom. The highest BCUT2D eigenvalue weighted by molar-refractivity contribution is 6.42. The highest BCUT2D eigenvalue weighted by Gasteiger charge is 2.23. The Morgan fingerprint density at radius 2 is 1.94 bits per heavy atom. The fourth-order valence-electron chi connectivity index (χ4n) is 2.48. The van der Waals surface area contributed by atoms with Gasteiger partial charge in [0, 0.05) is 11.7 Å². The Hall–Kier alpha value is -0.440. The van der Waals surface area contributed by atoms with Crippen molar-refractivity contribution in [3.8, 4) is 0 Å². The Morgan fingerprint density at radius 3 is 2.65 bits per heavy atom. The van der Waals surface area contributed by atoms with E-state index in [4.69, 9.17) is 28.9 Å². The highest BCUT2D eigenvalue weighted by atomic mass is 35.5. The lowest BCUT2D eigenvalue weighted by atomic mass is 9.84. The molecule has 17 heavy (non-hydrogen) atoms. The molecule has 0 amide bonds. The third-order valence-electron chi connectivity index (χ3n) is 3.48. The smallest absolute Gasteiger partial charge is 0.0612 e. The van der Waals surface area contributed by atoms with Gasteiger partial charge in [0.15, 0.2) is 0 Å². The number of nitrogens with one attached hydrogen (secondary N) is 1. The summed E-state index contributed by atoms with van der Waals surface area (Å²) in [4.78, 5) is 0. The monoisotopic (exact) mass is 272 g/mol. The molecule has 2 rings (SSSR count). The van der Waals surface area contributed by atoms with Gasteiger partial charge in [-0.3, -0.25) is 0 Å². The standard InChI is InChI=1S/C13H18Cl2N2/c14-11-6-5-10(7-12(11)15)17-13-4-2-1-3-9(13)8-16/h5-7,9,13,17H,1-4,8,16H2. The quantitative estimate of drug-likeness (QED) is 0.875. The van der Waals surface area contributed by atoms with Crippen LogP contribution in [0.3, 0.4) is 0 Å². The second-order valence-electron chi connectivity index (χ2n) is 4.66. The molecule has 3 N–H and O–H groups in total. The molecule has 2 unspecified atom stereocenters. The molecule has 0 saturated heterocycles. The van der Waals surface area contributed by atoms with Crippen LogP contribution in [-0.4, -0.2) is 12.6 Å². The van der Waals surface area contributed by atoms with Crippen molar-refractivity contribution >= 4 is 28.9 Å². The van der Waals surface area contributed by atoms with Crippen molar-refractivity contribution in [2.45, 2.75) is 31.7 Å². The molecular formula is C13H18Cl2N2. The maximum Gasteiger partial charge on any atom is 0.0612 e. The van der Waals surface area contributed by atoms with Crippen LogP contribution >= 0.6 is 23.2 Å². The fourth-order valence-corrected chi connectivity index (χ4v) is 2.78. The molecule has 4 heteroatoms. The van der Waals surface area contributed by atoms with Gasteiger partial charge < -0.3 is 11.1 Å². The van der Waals surface area contributed by atoms with Gasteiger partial charge in [-0.1, -0.05) is 36.0 Å². The van der Waals surface area contributed by atoms with Gasteiger partial charge in [-0.05, 0) is 43.5 Å². The van der Waals surface area contributed by atoms with Gasteiger partial charge in [0.25, 0.3) is 0 Å². The van der Waals surface area contributed by atoms with E-state index in [1.165, 1.54) is 25.7 Å². The lowest BCUT2D eigenvalue weighted by Gasteiger charge is -2.32. The van der Waals surface area contributed by atoms with Gasteiger partial charge in [0.1, 0.15) is 0 Å². The van der Waals surface area contributed by atoms with Gasteiger partial charge in [0.05, 0.1) is 10.0 Å². The average Bonchev–Trinajstić information content (AvgIpc) is 2.34. The van der Waals surface area contributed by atoms with Crippen LogP contribution in [0, 0.1) is 5.92 Å². The molecule has 1 aliphatic rings. The SMILES string of the molecule is NCC1CCCCC1Nc1ccc(Cl)c(Cl)c1. The number of hydrogen-bond donors (Lipinski definition) is 2. The van der Waals surface area contributed by atoms with Crippen LogP contribution < -0.4 is 11.1 Å². The van der Waals surface area contributed by atoms with Crippen molar-refractivity contribution in [2.24, 2.45) is 11.7 Å². The predicted molar refractivity (Wildman–Crippen MR) is 74.9 cm³/mol. The van der Waals surface area contributed by atoms with Crippen LogP contribution in [0.25, 0.3) is 0 Å².